The van der Waals surface area contributed by atoms with Crippen LogP contribution in [0.3, 0.4) is 0 Å². The fourth-order valence-electron chi connectivity index (χ4n) is 1.73. The van der Waals surface area contributed by atoms with Gasteiger partial charge in [0, 0.05) is 12.1 Å². The molecule has 0 amide bonds. The van der Waals surface area contributed by atoms with Crippen molar-refractivity contribution in [2.75, 3.05) is 0 Å². The number of ether oxygens (including phenoxy) is 2. The molecule has 6 heteroatoms. The zero-order chi connectivity index (χ0) is 15.4. The Bertz CT molecular complexity index is 654. The van der Waals surface area contributed by atoms with Crippen molar-refractivity contribution < 1.29 is 19.5 Å². The van der Waals surface area contributed by atoms with Crippen LogP contribution in [0.15, 0.2) is 42.5 Å². The number of aromatic hydroxyl groups is 1. The van der Waals surface area contributed by atoms with Crippen molar-refractivity contribution in [1.29, 1.82) is 0 Å². The molecule has 2 aromatic rings. The quantitative estimate of drug-likeness (QED) is 0.667. The van der Waals surface area contributed by atoms with Crippen molar-refractivity contribution in [2.24, 2.45) is 0 Å². The van der Waals surface area contributed by atoms with Crippen molar-refractivity contribution in [2.45, 2.75) is 20.0 Å². The number of nitro benzene ring substituents is 1. The van der Waals surface area contributed by atoms with Crippen LogP contribution >= 0.6 is 0 Å². The number of hydrogen-bond acceptors (Lipinski definition) is 5. The second-order valence-corrected chi connectivity index (χ2v) is 4.62. The first-order valence-electron chi connectivity index (χ1n) is 6.38. The third kappa shape index (κ3) is 3.62. The first kappa shape index (κ1) is 14.6. The van der Waals surface area contributed by atoms with Crippen LogP contribution in [0.2, 0.25) is 0 Å². The van der Waals surface area contributed by atoms with E-state index in [9.17, 15) is 15.2 Å². The second-order valence-electron chi connectivity index (χ2n) is 4.62. The van der Waals surface area contributed by atoms with Gasteiger partial charge in [0.05, 0.1) is 11.0 Å². The molecule has 0 spiro atoms. The second kappa shape index (κ2) is 6.13. The summed E-state index contributed by atoms with van der Waals surface area (Å²) in [7, 11) is 0. The summed E-state index contributed by atoms with van der Waals surface area (Å²) in [4.78, 5) is 10.5. The van der Waals surface area contributed by atoms with E-state index in [0.717, 1.165) is 0 Å². The molecule has 0 heterocycles. The summed E-state index contributed by atoms with van der Waals surface area (Å²) in [6, 6.07) is 10.7. The number of nitro groups is 1. The van der Waals surface area contributed by atoms with E-state index in [0.29, 0.717) is 5.75 Å². The largest absolute Gasteiger partial charge is 0.504 e. The van der Waals surface area contributed by atoms with E-state index in [1.54, 1.807) is 32.0 Å². The molecule has 2 aromatic carbocycles. The molecule has 0 aliphatic heterocycles. The van der Waals surface area contributed by atoms with Crippen LogP contribution < -0.4 is 9.47 Å². The van der Waals surface area contributed by atoms with E-state index in [1.807, 2.05) is 0 Å². The van der Waals surface area contributed by atoms with Gasteiger partial charge in [-0.3, -0.25) is 10.1 Å². The van der Waals surface area contributed by atoms with Crippen molar-refractivity contribution in [1.82, 2.24) is 0 Å². The first-order chi connectivity index (χ1) is 9.97. The molecule has 2 rings (SSSR count). The smallest absolute Gasteiger partial charge is 0.311 e. The molecule has 1 N–H and O–H groups in total. The van der Waals surface area contributed by atoms with Crippen molar-refractivity contribution in [3.63, 3.8) is 0 Å². The van der Waals surface area contributed by atoms with Crippen LogP contribution in [-0.2, 0) is 0 Å². The molecule has 0 aliphatic carbocycles. The van der Waals surface area contributed by atoms with E-state index in [1.165, 1.54) is 24.3 Å². The monoisotopic (exact) mass is 289 g/mol. The minimum Gasteiger partial charge on any atom is -0.504 e. The Morgan fingerprint density at radius 1 is 1.14 bits per heavy atom. The van der Waals surface area contributed by atoms with Crippen LogP contribution in [-0.4, -0.2) is 16.1 Å². The van der Waals surface area contributed by atoms with Gasteiger partial charge in [-0.25, -0.2) is 0 Å². The third-order valence-corrected chi connectivity index (χ3v) is 2.58. The van der Waals surface area contributed by atoms with Gasteiger partial charge < -0.3 is 14.6 Å². The zero-order valence-corrected chi connectivity index (χ0v) is 11.6. The number of rotatable bonds is 5. The van der Waals surface area contributed by atoms with Crippen LogP contribution in [0.4, 0.5) is 5.69 Å². The van der Waals surface area contributed by atoms with Gasteiger partial charge in [-0.1, -0.05) is 12.1 Å². The SMILES string of the molecule is CC(C)Oc1cc(Oc2ccccc2O)ccc1[N+](=O)[O-]. The summed E-state index contributed by atoms with van der Waals surface area (Å²) in [5.74, 6) is 0.727. The van der Waals surface area contributed by atoms with E-state index >= 15 is 0 Å². The molecular weight excluding hydrogens is 274 g/mol. The fraction of sp³-hybridized carbons (Fsp3) is 0.200. The van der Waals surface area contributed by atoms with Gasteiger partial charge in [-0.2, -0.15) is 0 Å². The number of nitrogens with zero attached hydrogens (tertiary/aromatic N) is 1. The Morgan fingerprint density at radius 3 is 2.48 bits per heavy atom. The van der Waals surface area contributed by atoms with E-state index in [4.69, 9.17) is 9.47 Å². The number of phenols is 1. The number of hydrogen-bond donors (Lipinski definition) is 1. The van der Waals surface area contributed by atoms with E-state index < -0.39 is 4.92 Å². The highest BCUT2D eigenvalue weighted by Crippen LogP contribution is 2.36. The summed E-state index contributed by atoms with van der Waals surface area (Å²) in [6.07, 6.45) is -0.205. The summed E-state index contributed by atoms with van der Waals surface area (Å²) in [6.45, 7) is 3.56. The summed E-state index contributed by atoms with van der Waals surface area (Å²) in [5.41, 5.74) is -0.131. The predicted octanol–water partition coefficient (Wildman–Crippen LogP) is 3.88. The minimum atomic E-state index is -0.512. The Hall–Kier alpha value is -2.76. The maximum Gasteiger partial charge on any atom is 0.311 e. The van der Waals surface area contributed by atoms with Crippen molar-refractivity contribution in [3.8, 4) is 23.0 Å². The van der Waals surface area contributed by atoms with Crippen LogP contribution in [0, 0.1) is 10.1 Å². The standard InChI is InChI=1S/C15H15NO5/c1-10(2)20-15-9-11(7-8-12(15)16(18)19)21-14-6-4-3-5-13(14)17/h3-10,17H,1-2H3. The first-order valence-corrected chi connectivity index (χ1v) is 6.38. The molecule has 0 atom stereocenters. The molecule has 0 bridgehead atoms. The molecule has 110 valence electrons. The number of benzene rings is 2. The molecule has 0 aliphatic rings. The zero-order valence-electron chi connectivity index (χ0n) is 11.6. The molecule has 0 fully saturated rings. The average Bonchev–Trinajstić information content (AvgIpc) is 2.40. The lowest BCUT2D eigenvalue weighted by atomic mass is 10.2. The Morgan fingerprint density at radius 2 is 1.86 bits per heavy atom. The Balaban J connectivity index is 2.33. The molecule has 6 nitrogen and oxygen atoms in total. The molecule has 21 heavy (non-hydrogen) atoms. The fourth-order valence-corrected chi connectivity index (χ4v) is 1.73. The normalized spacial score (nSPS) is 10.4. The van der Waals surface area contributed by atoms with Crippen LogP contribution in [0.5, 0.6) is 23.0 Å². The molecular formula is C15H15NO5. The van der Waals surface area contributed by atoms with Gasteiger partial charge in [0.2, 0.25) is 5.75 Å². The summed E-state index contributed by atoms with van der Waals surface area (Å²) < 4.78 is 10.9. The van der Waals surface area contributed by atoms with Gasteiger partial charge in [0.25, 0.3) is 0 Å². The lowest BCUT2D eigenvalue weighted by molar-refractivity contribution is -0.386. The van der Waals surface area contributed by atoms with Gasteiger partial charge >= 0.3 is 5.69 Å². The van der Waals surface area contributed by atoms with Gasteiger partial charge in [0.1, 0.15) is 5.75 Å². The number of phenolic OH excluding ortho intramolecular Hbond substituents is 1. The highest BCUT2D eigenvalue weighted by Gasteiger charge is 2.17. The van der Waals surface area contributed by atoms with Gasteiger partial charge in [-0.15, -0.1) is 0 Å². The van der Waals surface area contributed by atoms with E-state index in [-0.39, 0.29) is 29.0 Å². The maximum absolute atomic E-state index is 11.0. The van der Waals surface area contributed by atoms with Crippen LogP contribution in [0.25, 0.3) is 0 Å². The molecule has 0 saturated carbocycles. The Labute approximate surface area is 121 Å². The topological polar surface area (TPSA) is 81.8 Å². The Kier molecular flexibility index (Phi) is 4.27. The molecule has 0 unspecified atom stereocenters. The van der Waals surface area contributed by atoms with Crippen molar-refractivity contribution >= 4 is 5.69 Å². The summed E-state index contributed by atoms with van der Waals surface area (Å²) in [5, 5.41) is 20.6. The van der Waals surface area contributed by atoms with Gasteiger partial charge in [0.15, 0.2) is 11.5 Å². The molecule has 0 aromatic heterocycles. The molecule has 0 saturated heterocycles. The van der Waals surface area contributed by atoms with E-state index in [2.05, 4.69) is 0 Å². The van der Waals surface area contributed by atoms with Crippen LogP contribution in [0.1, 0.15) is 13.8 Å². The maximum atomic E-state index is 11.0. The highest BCUT2D eigenvalue weighted by molar-refractivity contribution is 5.52. The van der Waals surface area contributed by atoms with Crippen molar-refractivity contribution in [3.05, 3.63) is 52.6 Å². The van der Waals surface area contributed by atoms with Gasteiger partial charge in [-0.05, 0) is 32.0 Å². The minimum absolute atomic E-state index is 0.0119. The highest BCUT2D eigenvalue weighted by atomic mass is 16.6. The lowest BCUT2D eigenvalue weighted by Gasteiger charge is -2.12. The lowest BCUT2D eigenvalue weighted by Crippen LogP contribution is -2.07. The molecule has 0 radical (unpaired) electrons. The third-order valence-electron chi connectivity index (χ3n) is 2.58. The predicted molar refractivity (Wildman–Crippen MR) is 77.0 cm³/mol. The number of para-hydroxylation sites is 2. The average molecular weight is 289 g/mol. The summed E-state index contributed by atoms with van der Waals surface area (Å²) >= 11 is 0.